The van der Waals surface area contributed by atoms with Gasteiger partial charge in [0.1, 0.15) is 11.9 Å². The molecule has 43 heavy (non-hydrogen) atoms. The standard InChI is InChI=1S/C31H33ClN8O3/c1-21-29-35-28(22-8-3-2-4-9-22)36-40(29)19-18-37(15-6-11-27(41)38-16-5-10-26(38)30(42)34-21)31(43)24-20-23(12-13-25(24)32)39-17-7-14-33-39/h2-4,7-9,12-14,17,20-21,26H,5-6,10-11,15-16,18-19H2,1H3,(H,34,42)/t21-,26-/m0/s1. The summed E-state index contributed by atoms with van der Waals surface area (Å²) in [5.74, 6) is 0.597. The molecule has 6 rings (SSSR count). The van der Waals surface area contributed by atoms with Gasteiger partial charge in [-0.2, -0.15) is 10.2 Å². The fraction of sp³-hybridized carbons (Fsp3) is 0.355. The molecule has 0 radical (unpaired) electrons. The first kappa shape index (κ1) is 28.6. The largest absolute Gasteiger partial charge is 0.345 e. The summed E-state index contributed by atoms with van der Waals surface area (Å²) in [6.45, 7) is 3.37. The lowest BCUT2D eigenvalue weighted by Gasteiger charge is -2.28. The van der Waals surface area contributed by atoms with Gasteiger partial charge in [0.05, 0.1) is 28.9 Å². The van der Waals surface area contributed by atoms with Crippen molar-refractivity contribution in [3.8, 4) is 17.1 Å². The van der Waals surface area contributed by atoms with Gasteiger partial charge in [0.15, 0.2) is 5.82 Å². The summed E-state index contributed by atoms with van der Waals surface area (Å²) in [7, 11) is 0. The Bertz CT molecular complexity index is 1620. The van der Waals surface area contributed by atoms with Crippen LogP contribution in [0.1, 0.15) is 54.8 Å². The molecule has 4 aromatic rings. The monoisotopic (exact) mass is 600 g/mol. The summed E-state index contributed by atoms with van der Waals surface area (Å²) >= 11 is 6.55. The number of nitrogens with zero attached hydrogens (tertiary/aromatic N) is 7. The number of hydrogen-bond acceptors (Lipinski definition) is 6. The summed E-state index contributed by atoms with van der Waals surface area (Å²) in [5, 5.41) is 12.5. The maximum absolute atomic E-state index is 14.0. The van der Waals surface area contributed by atoms with Gasteiger partial charge in [-0.25, -0.2) is 14.3 Å². The Morgan fingerprint density at radius 2 is 1.84 bits per heavy atom. The van der Waals surface area contributed by atoms with E-state index in [0.717, 1.165) is 12.0 Å². The third kappa shape index (κ3) is 6.03. The lowest BCUT2D eigenvalue weighted by Crippen LogP contribution is -2.47. The highest BCUT2D eigenvalue weighted by atomic mass is 35.5. The molecule has 2 aliphatic heterocycles. The smallest absolute Gasteiger partial charge is 0.255 e. The molecule has 11 nitrogen and oxygen atoms in total. The number of carbonyl (C=O) groups is 3. The summed E-state index contributed by atoms with van der Waals surface area (Å²) < 4.78 is 3.43. The average Bonchev–Trinajstić information content (AvgIpc) is 3.80. The second kappa shape index (κ2) is 12.4. The van der Waals surface area contributed by atoms with Crippen LogP contribution in [0, 0.1) is 0 Å². The van der Waals surface area contributed by atoms with E-state index in [4.69, 9.17) is 21.7 Å². The number of carbonyl (C=O) groups excluding carboxylic acids is 3. The van der Waals surface area contributed by atoms with Gasteiger partial charge < -0.3 is 15.1 Å². The van der Waals surface area contributed by atoms with E-state index in [9.17, 15) is 14.4 Å². The zero-order chi connectivity index (χ0) is 29.9. The predicted octanol–water partition coefficient (Wildman–Crippen LogP) is 3.89. The van der Waals surface area contributed by atoms with Crippen molar-refractivity contribution < 1.29 is 14.4 Å². The molecule has 0 unspecified atom stereocenters. The Morgan fingerprint density at radius 3 is 2.63 bits per heavy atom. The molecule has 1 N–H and O–H groups in total. The lowest BCUT2D eigenvalue weighted by atomic mass is 10.1. The number of nitrogens with one attached hydrogen (secondary N) is 1. The van der Waals surface area contributed by atoms with Crippen LogP contribution in [-0.2, 0) is 16.1 Å². The number of halogens is 1. The number of hydrogen-bond donors (Lipinski definition) is 1. The molecule has 12 heteroatoms. The van der Waals surface area contributed by atoms with Crippen LogP contribution >= 0.6 is 11.6 Å². The molecule has 1 fully saturated rings. The Hall–Kier alpha value is -4.51. The zero-order valence-electron chi connectivity index (χ0n) is 23.9. The van der Waals surface area contributed by atoms with Crippen molar-refractivity contribution in [2.24, 2.45) is 0 Å². The van der Waals surface area contributed by atoms with E-state index in [-0.39, 0.29) is 24.1 Å². The third-order valence-electron chi connectivity index (χ3n) is 7.99. The second-order valence-corrected chi connectivity index (χ2v) is 11.3. The Balaban J connectivity index is 1.34. The van der Waals surface area contributed by atoms with Gasteiger partial charge in [0.25, 0.3) is 5.91 Å². The van der Waals surface area contributed by atoms with Crippen molar-refractivity contribution in [3.05, 3.63) is 83.4 Å². The van der Waals surface area contributed by atoms with Gasteiger partial charge in [-0.3, -0.25) is 14.4 Å². The summed E-state index contributed by atoms with van der Waals surface area (Å²) in [6, 6.07) is 15.7. The van der Waals surface area contributed by atoms with Gasteiger partial charge in [-0.15, -0.1) is 0 Å². The van der Waals surface area contributed by atoms with Crippen molar-refractivity contribution in [1.29, 1.82) is 0 Å². The molecular formula is C31H33ClN8O3. The Morgan fingerprint density at radius 1 is 1.00 bits per heavy atom. The molecule has 2 aliphatic rings. The van der Waals surface area contributed by atoms with Crippen molar-refractivity contribution >= 4 is 29.3 Å². The average molecular weight is 601 g/mol. The second-order valence-electron chi connectivity index (χ2n) is 10.9. The first-order valence-corrected chi connectivity index (χ1v) is 15.0. The van der Waals surface area contributed by atoms with Gasteiger partial charge >= 0.3 is 0 Å². The van der Waals surface area contributed by atoms with E-state index in [2.05, 4.69) is 10.4 Å². The fourth-order valence-corrected chi connectivity index (χ4v) is 5.97. The van der Waals surface area contributed by atoms with Crippen LogP contribution in [0.5, 0.6) is 0 Å². The molecule has 3 amide bonds. The van der Waals surface area contributed by atoms with E-state index in [1.807, 2.05) is 49.4 Å². The molecular weight excluding hydrogens is 568 g/mol. The Labute approximate surface area is 254 Å². The van der Waals surface area contributed by atoms with Crippen molar-refractivity contribution in [1.82, 2.24) is 39.7 Å². The van der Waals surface area contributed by atoms with Crippen LogP contribution < -0.4 is 5.32 Å². The molecule has 2 atom stereocenters. The maximum atomic E-state index is 14.0. The highest BCUT2D eigenvalue weighted by Gasteiger charge is 2.35. The third-order valence-corrected chi connectivity index (χ3v) is 8.32. The first-order valence-electron chi connectivity index (χ1n) is 14.6. The molecule has 0 spiro atoms. The number of benzene rings is 2. The minimum absolute atomic E-state index is 0.0806. The molecule has 1 saturated heterocycles. The van der Waals surface area contributed by atoms with Crippen LogP contribution in [0.25, 0.3) is 17.1 Å². The van der Waals surface area contributed by atoms with Crippen LogP contribution in [0.3, 0.4) is 0 Å². The SMILES string of the molecule is C[C@@H]1NC(=O)[C@@H]2CCCN2C(=O)CCCN(C(=O)c2cc(-n3cccn3)ccc2Cl)CCn2nc(-c3ccccc3)nc21. The van der Waals surface area contributed by atoms with Crippen LogP contribution in [0.15, 0.2) is 67.0 Å². The van der Waals surface area contributed by atoms with Crippen molar-refractivity contribution in [2.45, 2.75) is 51.2 Å². The molecule has 0 saturated carbocycles. The minimum Gasteiger partial charge on any atom is -0.345 e. The van der Waals surface area contributed by atoms with Gasteiger partial charge in [0, 0.05) is 44.0 Å². The highest BCUT2D eigenvalue weighted by molar-refractivity contribution is 6.33. The normalized spacial score (nSPS) is 19.9. The number of aromatic nitrogens is 5. The van der Waals surface area contributed by atoms with Crippen molar-refractivity contribution in [2.75, 3.05) is 19.6 Å². The first-order chi connectivity index (χ1) is 20.9. The van der Waals surface area contributed by atoms with Gasteiger partial charge in [-0.1, -0.05) is 41.9 Å². The van der Waals surface area contributed by atoms with E-state index in [0.29, 0.717) is 66.9 Å². The molecule has 2 aromatic heterocycles. The highest BCUT2D eigenvalue weighted by Crippen LogP contribution is 2.25. The van der Waals surface area contributed by atoms with Crippen molar-refractivity contribution in [3.63, 3.8) is 0 Å². The Kier molecular flexibility index (Phi) is 8.24. The number of rotatable bonds is 3. The van der Waals surface area contributed by atoms with Crippen LogP contribution in [0.2, 0.25) is 5.02 Å². The molecule has 2 aromatic carbocycles. The summed E-state index contributed by atoms with van der Waals surface area (Å²) in [4.78, 5) is 48.7. The summed E-state index contributed by atoms with van der Waals surface area (Å²) in [6.07, 6.45) is 5.53. The summed E-state index contributed by atoms with van der Waals surface area (Å²) in [5.41, 5.74) is 1.92. The maximum Gasteiger partial charge on any atom is 0.255 e. The van der Waals surface area contributed by atoms with Crippen LogP contribution in [0.4, 0.5) is 0 Å². The molecule has 0 aliphatic carbocycles. The number of fused-ring (bicyclic) bond motifs is 2. The van der Waals surface area contributed by atoms with Gasteiger partial charge in [-0.05, 0) is 50.5 Å². The predicted molar refractivity (Wildman–Crippen MR) is 160 cm³/mol. The topological polar surface area (TPSA) is 118 Å². The van der Waals surface area contributed by atoms with E-state index in [1.54, 1.807) is 43.7 Å². The van der Waals surface area contributed by atoms with E-state index >= 15 is 0 Å². The van der Waals surface area contributed by atoms with E-state index < -0.39 is 12.1 Å². The fourth-order valence-electron chi connectivity index (χ4n) is 5.77. The van der Waals surface area contributed by atoms with E-state index in [1.165, 1.54) is 0 Å². The molecule has 4 heterocycles. The lowest BCUT2D eigenvalue weighted by molar-refractivity contribution is -0.138. The zero-order valence-corrected chi connectivity index (χ0v) is 24.7. The molecule has 0 bridgehead atoms. The number of amides is 3. The quantitative estimate of drug-likeness (QED) is 0.381. The minimum atomic E-state index is -0.524. The van der Waals surface area contributed by atoms with Gasteiger partial charge in [0.2, 0.25) is 11.8 Å². The van der Waals surface area contributed by atoms with Crippen LogP contribution in [-0.4, -0.2) is 77.7 Å². The molecule has 222 valence electrons.